The van der Waals surface area contributed by atoms with Crippen molar-refractivity contribution >= 4 is 11.5 Å². The fraction of sp³-hybridized carbons (Fsp3) is 0.500. The third-order valence-electron chi connectivity index (χ3n) is 5.41. The maximum atomic E-state index is 13.1. The van der Waals surface area contributed by atoms with Crippen LogP contribution in [0.5, 0.6) is 11.5 Å². The highest BCUT2D eigenvalue weighted by Crippen LogP contribution is 2.29. The van der Waals surface area contributed by atoms with Gasteiger partial charge in [-0.05, 0) is 56.7 Å². The van der Waals surface area contributed by atoms with E-state index in [1.54, 1.807) is 6.07 Å². The molecule has 0 bridgehead atoms. The first-order valence-electron chi connectivity index (χ1n) is 10.8. The quantitative estimate of drug-likeness (QED) is 0.570. The number of ether oxygens (including phenoxy) is 2. The number of benzene rings is 1. The summed E-state index contributed by atoms with van der Waals surface area (Å²) >= 11 is 0. The van der Waals surface area contributed by atoms with Crippen LogP contribution in [0, 0.1) is 0 Å². The van der Waals surface area contributed by atoms with E-state index < -0.39 is 12.0 Å². The molecule has 0 aliphatic carbocycles. The predicted molar refractivity (Wildman–Crippen MR) is 116 cm³/mol. The molecule has 4 rings (SSSR count). The van der Waals surface area contributed by atoms with Gasteiger partial charge in [-0.15, -0.1) is 15.3 Å². The van der Waals surface area contributed by atoms with Crippen molar-refractivity contribution in [1.82, 2.24) is 19.8 Å². The number of hydrogen-bond acceptors (Lipinski definition) is 7. The maximum absolute atomic E-state index is 13.1. The second-order valence-corrected chi connectivity index (χ2v) is 8.85. The van der Waals surface area contributed by atoms with Crippen molar-refractivity contribution in [3.63, 3.8) is 0 Å². The lowest BCUT2D eigenvalue weighted by atomic mass is 10.0. The maximum Gasteiger partial charge on any atom is 0.453 e. The molecule has 0 amide bonds. The Morgan fingerprint density at radius 3 is 2.30 bits per heavy atom. The molecule has 3 aromatic rings. The fourth-order valence-electron chi connectivity index (χ4n) is 3.57. The van der Waals surface area contributed by atoms with Gasteiger partial charge in [0.15, 0.2) is 5.65 Å². The number of hydrogen-bond donors (Lipinski definition) is 1. The smallest absolute Gasteiger partial charge is 0.453 e. The lowest BCUT2D eigenvalue weighted by molar-refractivity contribution is -0.146. The van der Waals surface area contributed by atoms with Crippen molar-refractivity contribution in [3.8, 4) is 11.5 Å². The first kappa shape index (κ1) is 23.1. The van der Waals surface area contributed by atoms with E-state index in [2.05, 4.69) is 15.3 Å². The van der Waals surface area contributed by atoms with Crippen molar-refractivity contribution in [2.24, 2.45) is 5.73 Å². The molecule has 8 nitrogen and oxygen atoms in total. The molecule has 1 aliphatic heterocycles. The SMILES string of the molecule is CC(C)(N)CCOc1ccc(OC2CCN(c3ccc4nnc(C(F)(F)F)n4n3)CC2)cc1. The molecule has 0 radical (unpaired) electrons. The summed E-state index contributed by atoms with van der Waals surface area (Å²) in [5.41, 5.74) is 5.75. The van der Waals surface area contributed by atoms with Crippen molar-refractivity contribution in [1.29, 1.82) is 0 Å². The number of nitrogens with two attached hydrogens (primary N) is 1. The summed E-state index contributed by atoms with van der Waals surface area (Å²) in [5, 5.41) is 10.9. The lowest BCUT2D eigenvalue weighted by Crippen LogP contribution is -2.39. The van der Waals surface area contributed by atoms with E-state index >= 15 is 0 Å². The molecule has 1 saturated heterocycles. The van der Waals surface area contributed by atoms with Crippen molar-refractivity contribution in [3.05, 3.63) is 42.2 Å². The molecular weight excluding hydrogens is 437 g/mol. The summed E-state index contributed by atoms with van der Waals surface area (Å²) in [6.07, 6.45) is -2.42. The van der Waals surface area contributed by atoms with Gasteiger partial charge in [-0.2, -0.15) is 17.7 Å². The second kappa shape index (κ2) is 9.05. The van der Waals surface area contributed by atoms with E-state index in [1.807, 2.05) is 43.0 Å². The Kier molecular flexibility index (Phi) is 6.33. The van der Waals surface area contributed by atoms with Crippen LogP contribution in [0.1, 0.15) is 38.9 Å². The molecule has 1 aliphatic rings. The monoisotopic (exact) mass is 464 g/mol. The number of alkyl halides is 3. The van der Waals surface area contributed by atoms with E-state index in [-0.39, 0.29) is 17.3 Å². The first-order chi connectivity index (χ1) is 15.6. The minimum atomic E-state index is -4.62. The van der Waals surface area contributed by atoms with E-state index in [4.69, 9.17) is 15.2 Å². The Morgan fingerprint density at radius 1 is 1.00 bits per heavy atom. The Hall–Kier alpha value is -3.08. The topological polar surface area (TPSA) is 90.8 Å². The molecule has 0 atom stereocenters. The molecule has 11 heteroatoms. The van der Waals surface area contributed by atoms with Crippen LogP contribution in [0.25, 0.3) is 5.65 Å². The van der Waals surface area contributed by atoms with Gasteiger partial charge in [0.05, 0.1) is 6.61 Å². The van der Waals surface area contributed by atoms with E-state index in [0.717, 1.165) is 35.3 Å². The van der Waals surface area contributed by atoms with Gasteiger partial charge >= 0.3 is 6.18 Å². The van der Waals surface area contributed by atoms with Gasteiger partial charge in [0.25, 0.3) is 5.82 Å². The highest BCUT2D eigenvalue weighted by molar-refractivity contribution is 5.46. The Bertz CT molecular complexity index is 1070. The highest BCUT2D eigenvalue weighted by atomic mass is 19.4. The van der Waals surface area contributed by atoms with Crippen molar-refractivity contribution in [2.75, 3.05) is 24.6 Å². The largest absolute Gasteiger partial charge is 0.494 e. The minimum Gasteiger partial charge on any atom is -0.494 e. The third-order valence-corrected chi connectivity index (χ3v) is 5.41. The predicted octanol–water partition coefficient (Wildman–Crippen LogP) is 3.70. The number of piperidine rings is 1. The van der Waals surface area contributed by atoms with Crippen LogP contribution in [0.3, 0.4) is 0 Å². The average Bonchev–Trinajstić information content (AvgIpc) is 3.18. The van der Waals surface area contributed by atoms with Crippen molar-refractivity contribution < 1.29 is 22.6 Å². The molecule has 2 N–H and O–H groups in total. The number of halogens is 3. The average molecular weight is 464 g/mol. The molecule has 33 heavy (non-hydrogen) atoms. The van der Waals surface area contributed by atoms with Gasteiger partial charge in [-0.25, -0.2) is 0 Å². The summed E-state index contributed by atoms with van der Waals surface area (Å²) in [7, 11) is 0. The number of anilines is 1. The van der Waals surface area contributed by atoms with E-state index in [9.17, 15) is 13.2 Å². The number of nitrogens with zero attached hydrogens (tertiary/aromatic N) is 5. The summed E-state index contributed by atoms with van der Waals surface area (Å²) in [6.45, 7) is 5.69. The molecule has 1 aromatic carbocycles. The van der Waals surface area contributed by atoms with Crippen LogP contribution in [0.2, 0.25) is 0 Å². The van der Waals surface area contributed by atoms with Crippen molar-refractivity contribution in [2.45, 2.75) is 50.9 Å². The van der Waals surface area contributed by atoms with Crippen LogP contribution in [-0.2, 0) is 6.18 Å². The summed E-state index contributed by atoms with van der Waals surface area (Å²) < 4.78 is 51.9. The second-order valence-electron chi connectivity index (χ2n) is 8.85. The zero-order valence-corrected chi connectivity index (χ0v) is 18.5. The molecular formula is C22H27F3N6O2. The van der Waals surface area contributed by atoms with Crippen LogP contribution in [0.15, 0.2) is 36.4 Å². The van der Waals surface area contributed by atoms with Gasteiger partial charge in [0, 0.05) is 31.5 Å². The van der Waals surface area contributed by atoms with Gasteiger partial charge < -0.3 is 20.1 Å². The number of rotatable bonds is 7. The Morgan fingerprint density at radius 2 is 1.67 bits per heavy atom. The van der Waals surface area contributed by atoms with Crippen LogP contribution in [-0.4, -0.2) is 51.2 Å². The minimum absolute atomic E-state index is 0.00966. The molecule has 0 unspecified atom stereocenters. The van der Waals surface area contributed by atoms with Gasteiger partial charge in [-0.1, -0.05) is 0 Å². The van der Waals surface area contributed by atoms with Crippen LogP contribution >= 0.6 is 0 Å². The third kappa shape index (κ3) is 5.84. The molecule has 2 aromatic heterocycles. The molecule has 1 fully saturated rings. The zero-order valence-electron chi connectivity index (χ0n) is 18.5. The Labute approximate surface area is 189 Å². The van der Waals surface area contributed by atoms with E-state index in [1.165, 1.54) is 6.07 Å². The fourth-order valence-corrected chi connectivity index (χ4v) is 3.57. The molecule has 0 saturated carbocycles. The number of fused-ring (bicyclic) bond motifs is 1. The van der Waals surface area contributed by atoms with Crippen LogP contribution in [0.4, 0.5) is 19.0 Å². The molecule has 0 spiro atoms. The highest BCUT2D eigenvalue weighted by Gasteiger charge is 2.38. The summed E-state index contributed by atoms with van der Waals surface area (Å²) in [5.74, 6) is 0.832. The standard InChI is InChI=1S/C22H27F3N6O2/c1-21(2,26)11-14-32-15-3-5-16(6-4-15)33-17-9-12-30(13-10-17)19-8-7-18-27-28-20(22(23,24)25)31(18)29-19/h3-8,17H,9-14,26H2,1-2H3. The molecule has 178 valence electrons. The lowest BCUT2D eigenvalue weighted by Gasteiger charge is -2.32. The molecule has 3 heterocycles. The van der Waals surface area contributed by atoms with Crippen LogP contribution < -0.4 is 20.1 Å². The van der Waals surface area contributed by atoms with Gasteiger partial charge in [-0.3, -0.25) is 0 Å². The first-order valence-corrected chi connectivity index (χ1v) is 10.8. The Balaban J connectivity index is 1.31. The number of aromatic nitrogens is 4. The van der Waals surface area contributed by atoms with Gasteiger partial charge in [0.2, 0.25) is 0 Å². The normalized spacial score (nSPS) is 15.8. The zero-order chi connectivity index (χ0) is 23.6. The summed E-state index contributed by atoms with van der Waals surface area (Å²) in [4.78, 5) is 1.94. The summed E-state index contributed by atoms with van der Waals surface area (Å²) in [6, 6.07) is 10.6. The van der Waals surface area contributed by atoms with Gasteiger partial charge in [0.1, 0.15) is 23.4 Å². The van der Waals surface area contributed by atoms with E-state index in [0.29, 0.717) is 25.5 Å².